The number of carbonyl (C=O) groups excluding carboxylic acids is 2. The first-order chi connectivity index (χ1) is 11.6. The molecule has 1 aliphatic heterocycles. The summed E-state index contributed by atoms with van der Waals surface area (Å²) >= 11 is 0. The fraction of sp³-hybridized carbons (Fsp3) is 0.562. The second-order valence-corrected chi connectivity index (χ2v) is 5.80. The molecule has 2 rings (SSSR count). The molecule has 0 atom stereocenters. The number of urea groups is 1. The molecule has 0 radical (unpaired) electrons. The molecule has 24 heavy (non-hydrogen) atoms. The Morgan fingerprint density at radius 1 is 1.12 bits per heavy atom. The van der Waals surface area contributed by atoms with E-state index in [9.17, 15) is 9.59 Å². The van der Waals surface area contributed by atoms with Crippen molar-refractivity contribution in [3.8, 4) is 0 Å². The number of anilines is 1. The number of hydrogen-bond donors (Lipinski definition) is 3. The molecule has 0 bridgehead atoms. The fourth-order valence-corrected chi connectivity index (χ4v) is 2.41. The van der Waals surface area contributed by atoms with Crippen molar-refractivity contribution in [2.24, 2.45) is 0 Å². The highest BCUT2D eigenvalue weighted by Crippen LogP contribution is 2.13. The van der Waals surface area contributed by atoms with Gasteiger partial charge in [-0.2, -0.15) is 0 Å². The van der Waals surface area contributed by atoms with Crippen molar-refractivity contribution in [3.05, 3.63) is 23.9 Å². The highest BCUT2D eigenvalue weighted by molar-refractivity contribution is 5.83. The van der Waals surface area contributed by atoms with E-state index in [4.69, 9.17) is 0 Å². The molecule has 0 unspecified atom stereocenters. The normalized spacial score (nSPS) is 15.0. The Balaban J connectivity index is 1.73. The Morgan fingerprint density at radius 3 is 2.50 bits per heavy atom. The van der Waals surface area contributed by atoms with Crippen LogP contribution >= 0.6 is 0 Å². The molecule has 0 aromatic carbocycles. The first kappa shape index (κ1) is 18.0. The molecule has 1 fully saturated rings. The van der Waals surface area contributed by atoms with E-state index in [1.165, 1.54) is 0 Å². The van der Waals surface area contributed by atoms with Crippen LogP contribution in [0.3, 0.4) is 0 Å². The van der Waals surface area contributed by atoms with Gasteiger partial charge in [0.15, 0.2) is 0 Å². The van der Waals surface area contributed by atoms with Crippen LogP contribution in [-0.2, 0) is 11.3 Å². The quantitative estimate of drug-likeness (QED) is 0.669. The van der Waals surface area contributed by atoms with E-state index < -0.39 is 0 Å². The topological polar surface area (TPSA) is 89.6 Å². The average molecular weight is 334 g/mol. The number of piperazine rings is 1. The van der Waals surface area contributed by atoms with E-state index in [0.717, 1.165) is 37.6 Å². The lowest BCUT2D eigenvalue weighted by Gasteiger charge is -2.33. The third-order valence-electron chi connectivity index (χ3n) is 3.87. The van der Waals surface area contributed by atoms with E-state index in [0.29, 0.717) is 13.1 Å². The molecule has 2 heterocycles. The minimum absolute atomic E-state index is 0.0275. The summed E-state index contributed by atoms with van der Waals surface area (Å²) in [6.45, 7) is 6.75. The van der Waals surface area contributed by atoms with Crippen LogP contribution < -0.4 is 20.9 Å². The van der Waals surface area contributed by atoms with Gasteiger partial charge in [-0.15, -0.1) is 0 Å². The van der Waals surface area contributed by atoms with Gasteiger partial charge in [-0.1, -0.05) is 6.07 Å². The number of likely N-dealkylation sites (N-methyl/N-ethyl adjacent to an activating group) is 2. The van der Waals surface area contributed by atoms with Gasteiger partial charge in [0.05, 0.1) is 6.54 Å². The van der Waals surface area contributed by atoms with E-state index >= 15 is 0 Å². The van der Waals surface area contributed by atoms with Gasteiger partial charge < -0.3 is 25.8 Å². The predicted octanol–water partition coefficient (Wildman–Crippen LogP) is -0.231. The summed E-state index contributed by atoms with van der Waals surface area (Å²) in [4.78, 5) is 31.9. The van der Waals surface area contributed by atoms with Crippen LogP contribution in [0.4, 0.5) is 10.6 Å². The van der Waals surface area contributed by atoms with Gasteiger partial charge in [0.1, 0.15) is 5.82 Å². The van der Waals surface area contributed by atoms with E-state index in [1.54, 1.807) is 6.20 Å². The van der Waals surface area contributed by atoms with Crippen molar-refractivity contribution in [3.63, 3.8) is 0 Å². The first-order valence-corrected chi connectivity index (χ1v) is 8.25. The summed E-state index contributed by atoms with van der Waals surface area (Å²) < 4.78 is 0. The first-order valence-electron chi connectivity index (χ1n) is 8.25. The monoisotopic (exact) mass is 334 g/mol. The van der Waals surface area contributed by atoms with E-state index in [-0.39, 0.29) is 18.5 Å². The number of carbonyl (C=O) groups is 2. The number of rotatable bonds is 6. The average Bonchev–Trinajstić information content (AvgIpc) is 2.59. The summed E-state index contributed by atoms with van der Waals surface area (Å²) in [5.74, 6) is 0.762. The molecule has 3 N–H and O–H groups in total. The molecule has 8 heteroatoms. The van der Waals surface area contributed by atoms with Crippen LogP contribution in [-0.4, -0.2) is 68.1 Å². The van der Waals surface area contributed by atoms with E-state index in [2.05, 4.69) is 37.8 Å². The Hall–Kier alpha value is -2.35. The zero-order chi connectivity index (χ0) is 17.4. The number of amides is 3. The minimum atomic E-state index is -0.371. The Bertz CT molecular complexity index is 540. The van der Waals surface area contributed by atoms with Gasteiger partial charge in [-0.3, -0.25) is 4.79 Å². The highest BCUT2D eigenvalue weighted by atomic mass is 16.2. The van der Waals surface area contributed by atoms with Crippen molar-refractivity contribution in [2.45, 2.75) is 13.5 Å². The largest absolute Gasteiger partial charge is 0.355 e. The number of nitrogens with zero attached hydrogens (tertiary/aromatic N) is 3. The van der Waals surface area contributed by atoms with Crippen molar-refractivity contribution in [1.82, 2.24) is 25.8 Å². The molecule has 0 saturated carbocycles. The van der Waals surface area contributed by atoms with Crippen LogP contribution in [0.15, 0.2) is 18.3 Å². The summed E-state index contributed by atoms with van der Waals surface area (Å²) in [7, 11) is 2.12. The molecule has 132 valence electrons. The zero-order valence-corrected chi connectivity index (χ0v) is 14.3. The third-order valence-corrected chi connectivity index (χ3v) is 3.87. The molecule has 1 saturated heterocycles. The summed E-state index contributed by atoms with van der Waals surface area (Å²) in [5.41, 5.74) is 0.918. The fourth-order valence-electron chi connectivity index (χ4n) is 2.41. The van der Waals surface area contributed by atoms with E-state index in [1.807, 2.05) is 19.1 Å². The molecule has 1 aromatic rings. The molecule has 3 amide bonds. The maximum atomic E-state index is 11.6. The Labute approximate surface area is 142 Å². The number of aromatic nitrogens is 1. The second kappa shape index (κ2) is 9.07. The molecule has 0 aliphatic carbocycles. The lowest BCUT2D eigenvalue weighted by Crippen LogP contribution is -2.44. The van der Waals surface area contributed by atoms with Crippen LogP contribution in [0.25, 0.3) is 0 Å². The number of hydrogen-bond acceptors (Lipinski definition) is 5. The van der Waals surface area contributed by atoms with Gasteiger partial charge in [0.25, 0.3) is 0 Å². The highest BCUT2D eigenvalue weighted by Gasteiger charge is 2.15. The second-order valence-electron chi connectivity index (χ2n) is 5.80. The lowest BCUT2D eigenvalue weighted by atomic mass is 10.2. The van der Waals surface area contributed by atoms with Gasteiger partial charge in [0.2, 0.25) is 5.91 Å². The maximum Gasteiger partial charge on any atom is 0.315 e. The Morgan fingerprint density at radius 2 is 1.88 bits per heavy atom. The van der Waals surface area contributed by atoms with Crippen LogP contribution in [0.5, 0.6) is 0 Å². The van der Waals surface area contributed by atoms with Crippen molar-refractivity contribution in [1.29, 1.82) is 0 Å². The maximum absolute atomic E-state index is 11.6. The smallest absolute Gasteiger partial charge is 0.315 e. The molecule has 1 aromatic heterocycles. The van der Waals surface area contributed by atoms with Crippen LogP contribution in [0, 0.1) is 0 Å². The summed E-state index contributed by atoms with van der Waals surface area (Å²) in [5, 5.41) is 7.84. The van der Waals surface area contributed by atoms with Crippen molar-refractivity contribution in [2.75, 3.05) is 51.2 Å². The third kappa shape index (κ3) is 5.69. The standard InChI is InChI=1S/C16H26N6O2/c1-3-17-15(23)12-20-16(24)19-11-13-4-5-14(18-10-13)22-8-6-21(2)7-9-22/h4-5,10H,3,6-9,11-12H2,1-2H3,(H,17,23)(H2,19,20,24). The predicted molar refractivity (Wildman–Crippen MR) is 92.9 cm³/mol. The Kier molecular flexibility index (Phi) is 6.80. The van der Waals surface area contributed by atoms with Crippen molar-refractivity contribution < 1.29 is 9.59 Å². The number of nitrogens with one attached hydrogen (secondary N) is 3. The zero-order valence-electron chi connectivity index (χ0n) is 14.3. The van der Waals surface area contributed by atoms with Crippen LogP contribution in [0.2, 0.25) is 0 Å². The van der Waals surface area contributed by atoms with Crippen molar-refractivity contribution >= 4 is 17.8 Å². The van der Waals surface area contributed by atoms with Crippen LogP contribution in [0.1, 0.15) is 12.5 Å². The minimum Gasteiger partial charge on any atom is -0.355 e. The molecule has 1 aliphatic rings. The van der Waals surface area contributed by atoms with Gasteiger partial charge in [0, 0.05) is 45.5 Å². The van der Waals surface area contributed by atoms with Gasteiger partial charge in [-0.25, -0.2) is 9.78 Å². The van der Waals surface area contributed by atoms with Gasteiger partial charge >= 0.3 is 6.03 Å². The summed E-state index contributed by atoms with van der Waals surface area (Å²) in [6, 6.07) is 3.57. The summed E-state index contributed by atoms with van der Waals surface area (Å²) in [6.07, 6.45) is 1.78. The lowest BCUT2D eigenvalue weighted by molar-refractivity contribution is -0.119. The molecule has 8 nitrogen and oxygen atoms in total. The number of pyridine rings is 1. The van der Waals surface area contributed by atoms with Gasteiger partial charge in [-0.05, 0) is 25.6 Å². The molecule has 0 spiro atoms. The molecular formula is C16H26N6O2. The molecular weight excluding hydrogens is 308 g/mol. The SMILES string of the molecule is CCNC(=O)CNC(=O)NCc1ccc(N2CCN(C)CC2)nc1.